The first-order valence-corrected chi connectivity index (χ1v) is 6.69. The van der Waals surface area contributed by atoms with Crippen LogP contribution >= 0.6 is 0 Å². The first-order chi connectivity index (χ1) is 9.59. The van der Waals surface area contributed by atoms with Crippen LogP contribution in [0.3, 0.4) is 0 Å². The summed E-state index contributed by atoms with van der Waals surface area (Å²) >= 11 is 0. The standard InChI is InChI=1S/C17H19NO2/c1-12-8-6-7-11-15(12)16(17(19)20)18-13(2)14-9-4-3-5-10-14/h3-11,13,16,18H,1-2H3,(H,19,20). The molecule has 0 aromatic heterocycles. The second kappa shape index (κ2) is 6.35. The van der Waals surface area contributed by atoms with E-state index in [0.717, 1.165) is 16.7 Å². The van der Waals surface area contributed by atoms with Crippen molar-refractivity contribution in [3.63, 3.8) is 0 Å². The summed E-state index contributed by atoms with van der Waals surface area (Å²) in [5, 5.41) is 12.7. The Hall–Kier alpha value is -2.13. The highest BCUT2D eigenvalue weighted by Gasteiger charge is 2.23. The number of nitrogens with one attached hydrogen (secondary N) is 1. The molecule has 2 atom stereocenters. The minimum absolute atomic E-state index is 0.0306. The Balaban J connectivity index is 2.23. The highest BCUT2D eigenvalue weighted by Crippen LogP contribution is 2.22. The molecule has 2 rings (SSSR count). The maximum absolute atomic E-state index is 11.6. The minimum Gasteiger partial charge on any atom is -0.480 e. The number of carboxylic acid groups (broad SMARTS) is 1. The van der Waals surface area contributed by atoms with E-state index in [2.05, 4.69) is 5.32 Å². The fraction of sp³-hybridized carbons (Fsp3) is 0.235. The Bertz CT molecular complexity index is 581. The van der Waals surface area contributed by atoms with Crippen LogP contribution in [0, 0.1) is 6.92 Å². The Morgan fingerprint density at radius 1 is 1.05 bits per heavy atom. The SMILES string of the molecule is Cc1ccccc1C(NC(C)c1ccccc1)C(=O)O. The van der Waals surface area contributed by atoms with Gasteiger partial charge in [-0.2, -0.15) is 0 Å². The molecule has 0 aliphatic heterocycles. The highest BCUT2D eigenvalue weighted by molar-refractivity contribution is 5.76. The number of carbonyl (C=O) groups is 1. The summed E-state index contributed by atoms with van der Waals surface area (Å²) in [6, 6.07) is 16.7. The number of benzene rings is 2. The molecule has 2 unspecified atom stereocenters. The second-order valence-electron chi connectivity index (χ2n) is 4.93. The zero-order chi connectivity index (χ0) is 14.5. The van der Waals surface area contributed by atoms with Gasteiger partial charge in [-0.3, -0.25) is 10.1 Å². The molecular formula is C17H19NO2. The maximum Gasteiger partial charge on any atom is 0.325 e. The van der Waals surface area contributed by atoms with Crippen molar-refractivity contribution < 1.29 is 9.90 Å². The van der Waals surface area contributed by atoms with Gasteiger partial charge in [0.2, 0.25) is 0 Å². The van der Waals surface area contributed by atoms with Gasteiger partial charge < -0.3 is 5.11 Å². The summed E-state index contributed by atoms with van der Waals surface area (Å²) in [4.78, 5) is 11.6. The average Bonchev–Trinajstić information content (AvgIpc) is 2.46. The largest absolute Gasteiger partial charge is 0.480 e. The monoisotopic (exact) mass is 269 g/mol. The predicted molar refractivity (Wildman–Crippen MR) is 79.5 cm³/mol. The van der Waals surface area contributed by atoms with Crippen molar-refractivity contribution in [3.05, 3.63) is 71.3 Å². The Morgan fingerprint density at radius 3 is 2.25 bits per heavy atom. The van der Waals surface area contributed by atoms with Crippen molar-refractivity contribution in [2.24, 2.45) is 0 Å². The number of aliphatic carboxylic acids is 1. The third-order valence-electron chi connectivity index (χ3n) is 3.46. The average molecular weight is 269 g/mol. The van der Waals surface area contributed by atoms with Crippen molar-refractivity contribution >= 4 is 5.97 Å². The van der Waals surface area contributed by atoms with Gasteiger partial charge in [0.05, 0.1) is 0 Å². The molecule has 0 heterocycles. The fourth-order valence-electron chi connectivity index (χ4n) is 2.29. The molecule has 0 radical (unpaired) electrons. The van der Waals surface area contributed by atoms with E-state index in [4.69, 9.17) is 0 Å². The smallest absolute Gasteiger partial charge is 0.325 e. The molecule has 0 spiro atoms. The summed E-state index contributed by atoms with van der Waals surface area (Å²) in [5.41, 5.74) is 2.86. The van der Waals surface area contributed by atoms with Gasteiger partial charge in [-0.15, -0.1) is 0 Å². The van der Waals surface area contributed by atoms with Gasteiger partial charge in [-0.05, 0) is 30.5 Å². The van der Waals surface area contributed by atoms with E-state index < -0.39 is 12.0 Å². The number of hydrogen-bond donors (Lipinski definition) is 2. The van der Waals surface area contributed by atoms with Gasteiger partial charge in [0, 0.05) is 6.04 Å². The van der Waals surface area contributed by atoms with Crippen LogP contribution in [0.5, 0.6) is 0 Å². The fourth-order valence-corrected chi connectivity index (χ4v) is 2.29. The van der Waals surface area contributed by atoms with E-state index >= 15 is 0 Å². The van der Waals surface area contributed by atoms with Crippen LogP contribution in [0.15, 0.2) is 54.6 Å². The molecule has 0 fully saturated rings. The minimum atomic E-state index is -0.859. The van der Waals surface area contributed by atoms with E-state index in [-0.39, 0.29) is 6.04 Å². The molecule has 2 aromatic rings. The topological polar surface area (TPSA) is 49.3 Å². The van der Waals surface area contributed by atoms with Crippen LogP contribution in [0.25, 0.3) is 0 Å². The van der Waals surface area contributed by atoms with Crippen LogP contribution in [0.1, 0.15) is 35.7 Å². The van der Waals surface area contributed by atoms with E-state index in [1.165, 1.54) is 0 Å². The van der Waals surface area contributed by atoms with Crippen LogP contribution in [0.4, 0.5) is 0 Å². The van der Waals surface area contributed by atoms with E-state index in [0.29, 0.717) is 0 Å². The van der Waals surface area contributed by atoms with Crippen molar-refractivity contribution in [3.8, 4) is 0 Å². The molecule has 104 valence electrons. The second-order valence-corrected chi connectivity index (χ2v) is 4.93. The number of rotatable bonds is 5. The number of aryl methyl sites for hydroxylation is 1. The van der Waals surface area contributed by atoms with E-state index in [1.54, 1.807) is 0 Å². The summed E-state index contributed by atoms with van der Waals surface area (Å²) in [6.07, 6.45) is 0. The van der Waals surface area contributed by atoms with Gasteiger partial charge in [-0.25, -0.2) is 0 Å². The molecule has 0 aliphatic carbocycles. The molecule has 0 amide bonds. The summed E-state index contributed by atoms with van der Waals surface area (Å²) in [5.74, 6) is -0.859. The lowest BCUT2D eigenvalue weighted by Crippen LogP contribution is -2.31. The zero-order valence-corrected chi connectivity index (χ0v) is 11.7. The van der Waals surface area contributed by atoms with Gasteiger partial charge in [-0.1, -0.05) is 54.6 Å². The van der Waals surface area contributed by atoms with Crippen LogP contribution in [0.2, 0.25) is 0 Å². The molecule has 0 saturated heterocycles. The maximum atomic E-state index is 11.6. The lowest BCUT2D eigenvalue weighted by molar-refractivity contribution is -0.139. The van der Waals surface area contributed by atoms with Crippen molar-refractivity contribution in [2.45, 2.75) is 25.9 Å². The Labute approximate surface area is 119 Å². The number of carboxylic acids is 1. The molecule has 0 saturated carbocycles. The summed E-state index contributed by atoms with van der Waals surface area (Å²) in [7, 11) is 0. The number of hydrogen-bond acceptors (Lipinski definition) is 2. The third kappa shape index (κ3) is 3.25. The molecule has 0 aliphatic rings. The van der Waals surface area contributed by atoms with Crippen LogP contribution in [-0.4, -0.2) is 11.1 Å². The third-order valence-corrected chi connectivity index (χ3v) is 3.46. The molecule has 0 bridgehead atoms. The normalized spacial score (nSPS) is 13.7. The zero-order valence-electron chi connectivity index (χ0n) is 11.7. The molecule has 3 heteroatoms. The van der Waals surface area contributed by atoms with Crippen molar-refractivity contribution in [1.29, 1.82) is 0 Å². The molecular weight excluding hydrogens is 250 g/mol. The van der Waals surface area contributed by atoms with E-state index in [1.807, 2.05) is 68.4 Å². The van der Waals surface area contributed by atoms with Gasteiger partial charge in [0.15, 0.2) is 0 Å². The lowest BCUT2D eigenvalue weighted by atomic mass is 9.99. The molecule has 3 nitrogen and oxygen atoms in total. The Morgan fingerprint density at radius 2 is 1.65 bits per heavy atom. The van der Waals surface area contributed by atoms with Gasteiger partial charge in [0.1, 0.15) is 6.04 Å². The molecule has 20 heavy (non-hydrogen) atoms. The van der Waals surface area contributed by atoms with Crippen molar-refractivity contribution in [1.82, 2.24) is 5.32 Å². The first-order valence-electron chi connectivity index (χ1n) is 6.69. The predicted octanol–water partition coefficient (Wildman–Crippen LogP) is 3.47. The molecule has 2 aromatic carbocycles. The summed E-state index contributed by atoms with van der Waals surface area (Å²) < 4.78 is 0. The van der Waals surface area contributed by atoms with E-state index in [9.17, 15) is 9.90 Å². The molecule has 2 N–H and O–H groups in total. The van der Waals surface area contributed by atoms with Crippen LogP contribution < -0.4 is 5.32 Å². The summed E-state index contributed by atoms with van der Waals surface area (Å²) in [6.45, 7) is 3.91. The highest BCUT2D eigenvalue weighted by atomic mass is 16.4. The Kier molecular flexibility index (Phi) is 4.53. The first kappa shape index (κ1) is 14.3. The van der Waals surface area contributed by atoms with Gasteiger partial charge >= 0.3 is 5.97 Å². The quantitative estimate of drug-likeness (QED) is 0.873. The van der Waals surface area contributed by atoms with Gasteiger partial charge in [0.25, 0.3) is 0 Å². The lowest BCUT2D eigenvalue weighted by Gasteiger charge is -2.22. The van der Waals surface area contributed by atoms with Crippen molar-refractivity contribution in [2.75, 3.05) is 0 Å². The van der Waals surface area contributed by atoms with Crippen LogP contribution in [-0.2, 0) is 4.79 Å².